The Hall–Kier alpha value is -5.08. The zero-order valence-electron chi connectivity index (χ0n) is 21.0. The van der Waals surface area contributed by atoms with Crippen LogP contribution in [0.1, 0.15) is 0 Å². The number of para-hydroxylation sites is 1. The molecule has 6 aromatic carbocycles. The highest BCUT2D eigenvalue weighted by Crippen LogP contribution is 2.37. The molecule has 6 aromatic rings. The van der Waals surface area contributed by atoms with Crippen LogP contribution < -0.4 is 10.2 Å². The maximum Gasteiger partial charge on any atom is 0.0463 e. The molecule has 0 spiro atoms. The quantitative estimate of drug-likeness (QED) is 0.240. The van der Waals surface area contributed by atoms with E-state index in [0.29, 0.717) is 0 Å². The Morgan fingerprint density at radius 3 is 1.03 bits per heavy atom. The lowest BCUT2D eigenvalue weighted by atomic mass is 10.0. The third-order valence-electron chi connectivity index (χ3n) is 6.65. The number of benzene rings is 6. The fourth-order valence-electron chi connectivity index (χ4n) is 4.70. The molecular formula is C36H28N2. The van der Waals surface area contributed by atoms with Crippen molar-refractivity contribution in [3.05, 3.63) is 164 Å². The van der Waals surface area contributed by atoms with Crippen molar-refractivity contribution in [2.24, 2.45) is 0 Å². The second-order valence-corrected chi connectivity index (χ2v) is 9.20. The van der Waals surface area contributed by atoms with Crippen molar-refractivity contribution < 1.29 is 0 Å². The van der Waals surface area contributed by atoms with Crippen LogP contribution in [0.5, 0.6) is 0 Å². The van der Waals surface area contributed by atoms with Gasteiger partial charge in [-0.3, -0.25) is 0 Å². The normalized spacial score (nSPS) is 10.6. The summed E-state index contributed by atoms with van der Waals surface area (Å²) in [6.45, 7) is 0. The molecule has 0 saturated carbocycles. The van der Waals surface area contributed by atoms with Crippen LogP contribution in [-0.4, -0.2) is 0 Å². The van der Waals surface area contributed by atoms with Crippen molar-refractivity contribution in [2.45, 2.75) is 0 Å². The van der Waals surface area contributed by atoms with E-state index in [4.69, 9.17) is 0 Å². The number of rotatable bonds is 7. The molecule has 0 aromatic heterocycles. The van der Waals surface area contributed by atoms with E-state index in [1.54, 1.807) is 0 Å². The molecule has 0 aliphatic rings. The second kappa shape index (κ2) is 10.9. The van der Waals surface area contributed by atoms with Gasteiger partial charge in [0.2, 0.25) is 0 Å². The molecule has 0 fully saturated rings. The molecule has 0 atom stereocenters. The Labute approximate surface area is 224 Å². The second-order valence-electron chi connectivity index (χ2n) is 9.20. The van der Waals surface area contributed by atoms with Crippen LogP contribution in [0, 0.1) is 0 Å². The highest BCUT2D eigenvalue weighted by atomic mass is 15.1. The minimum Gasteiger partial charge on any atom is -0.356 e. The smallest absolute Gasteiger partial charge is 0.0463 e. The molecule has 2 heteroatoms. The minimum atomic E-state index is 1.05. The molecule has 2 nitrogen and oxygen atoms in total. The van der Waals surface area contributed by atoms with Crippen molar-refractivity contribution in [2.75, 3.05) is 10.2 Å². The van der Waals surface area contributed by atoms with Gasteiger partial charge in [0.15, 0.2) is 0 Å². The lowest BCUT2D eigenvalue weighted by molar-refractivity contribution is 1.28. The van der Waals surface area contributed by atoms with Gasteiger partial charge in [-0.25, -0.2) is 0 Å². The molecule has 0 aliphatic carbocycles. The first-order valence-electron chi connectivity index (χ1n) is 12.9. The fraction of sp³-hybridized carbons (Fsp3) is 0. The van der Waals surface area contributed by atoms with Gasteiger partial charge in [0.1, 0.15) is 0 Å². The van der Waals surface area contributed by atoms with E-state index in [0.717, 1.165) is 28.4 Å². The van der Waals surface area contributed by atoms with Crippen molar-refractivity contribution in [3.63, 3.8) is 0 Å². The third-order valence-corrected chi connectivity index (χ3v) is 6.65. The van der Waals surface area contributed by atoms with Crippen molar-refractivity contribution in [1.29, 1.82) is 0 Å². The predicted molar refractivity (Wildman–Crippen MR) is 162 cm³/mol. The molecule has 0 amide bonds. The summed E-state index contributed by atoms with van der Waals surface area (Å²) in [5.74, 6) is 0. The summed E-state index contributed by atoms with van der Waals surface area (Å²) in [6, 6.07) is 57.4. The van der Waals surface area contributed by atoms with Crippen LogP contribution >= 0.6 is 0 Å². The van der Waals surface area contributed by atoms with Gasteiger partial charge in [0.05, 0.1) is 0 Å². The Morgan fingerprint density at radius 1 is 0.289 bits per heavy atom. The predicted octanol–water partition coefficient (Wildman–Crippen LogP) is 10.2. The average molecular weight is 489 g/mol. The molecule has 38 heavy (non-hydrogen) atoms. The fourth-order valence-corrected chi connectivity index (χ4v) is 4.70. The Bertz CT molecular complexity index is 1490. The third kappa shape index (κ3) is 5.21. The number of hydrogen-bond acceptors (Lipinski definition) is 2. The molecule has 0 unspecified atom stereocenters. The number of hydrogen-bond donors (Lipinski definition) is 1. The SMILES string of the molecule is c1ccc(Nc2ccc(N(c3ccc(-c4ccccc4)cc3)c3ccc(-c4ccccc4)cc3)cc2)cc1. The first-order valence-corrected chi connectivity index (χ1v) is 12.9. The maximum absolute atomic E-state index is 3.48. The van der Waals surface area contributed by atoms with Crippen LogP contribution in [0.4, 0.5) is 28.4 Å². The van der Waals surface area contributed by atoms with E-state index in [9.17, 15) is 0 Å². The Morgan fingerprint density at radius 2 is 0.605 bits per heavy atom. The number of nitrogens with one attached hydrogen (secondary N) is 1. The molecule has 1 N–H and O–H groups in total. The standard InChI is InChI=1S/C36H28N2/c1-4-10-28(11-5-1)30-16-22-34(23-17-30)38(35-24-18-31(19-25-35)29-12-6-2-7-13-29)36-26-20-33(21-27-36)37-32-14-8-3-9-15-32/h1-27,37H. The monoisotopic (exact) mass is 488 g/mol. The molecule has 182 valence electrons. The summed E-state index contributed by atoms with van der Waals surface area (Å²) in [5.41, 5.74) is 10.3. The highest BCUT2D eigenvalue weighted by molar-refractivity contribution is 5.80. The van der Waals surface area contributed by atoms with E-state index in [2.05, 4.69) is 156 Å². The van der Waals surface area contributed by atoms with E-state index < -0.39 is 0 Å². The van der Waals surface area contributed by atoms with Crippen LogP contribution in [0.2, 0.25) is 0 Å². The van der Waals surface area contributed by atoms with Gasteiger partial charge in [-0.05, 0) is 82.9 Å². The number of anilines is 5. The molecule has 0 heterocycles. The summed E-state index contributed by atoms with van der Waals surface area (Å²) < 4.78 is 0. The van der Waals surface area contributed by atoms with Crippen LogP contribution in [0.3, 0.4) is 0 Å². The van der Waals surface area contributed by atoms with Gasteiger partial charge in [0.25, 0.3) is 0 Å². The lowest BCUT2D eigenvalue weighted by Crippen LogP contribution is -2.09. The Balaban J connectivity index is 1.35. The largest absolute Gasteiger partial charge is 0.356 e. The number of nitrogens with zero attached hydrogens (tertiary/aromatic N) is 1. The zero-order chi connectivity index (χ0) is 25.6. The van der Waals surface area contributed by atoms with E-state index >= 15 is 0 Å². The van der Waals surface area contributed by atoms with Crippen molar-refractivity contribution in [3.8, 4) is 22.3 Å². The van der Waals surface area contributed by atoms with Crippen LogP contribution in [0.25, 0.3) is 22.3 Å². The topological polar surface area (TPSA) is 15.3 Å². The summed E-state index contributed by atoms with van der Waals surface area (Å²) >= 11 is 0. The molecule has 6 rings (SSSR count). The van der Waals surface area contributed by atoms with Gasteiger partial charge in [-0.1, -0.05) is 103 Å². The lowest BCUT2D eigenvalue weighted by Gasteiger charge is -2.26. The Kier molecular flexibility index (Phi) is 6.69. The highest BCUT2D eigenvalue weighted by Gasteiger charge is 2.13. The minimum absolute atomic E-state index is 1.05. The molecule has 0 saturated heterocycles. The summed E-state index contributed by atoms with van der Waals surface area (Å²) in [4.78, 5) is 2.30. The van der Waals surface area contributed by atoms with Gasteiger partial charge in [0, 0.05) is 28.4 Å². The van der Waals surface area contributed by atoms with Gasteiger partial charge in [-0.2, -0.15) is 0 Å². The zero-order valence-corrected chi connectivity index (χ0v) is 21.0. The van der Waals surface area contributed by atoms with E-state index in [1.165, 1.54) is 22.3 Å². The van der Waals surface area contributed by atoms with E-state index in [1.807, 2.05) is 18.2 Å². The van der Waals surface area contributed by atoms with Gasteiger partial charge in [-0.15, -0.1) is 0 Å². The van der Waals surface area contributed by atoms with Crippen molar-refractivity contribution >= 4 is 28.4 Å². The first-order chi connectivity index (χ1) is 18.8. The first kappa shape index (κ1) is 23.3. The average Bonchev–Trinajstić information content (AvgIpc) is 3.00. The van der Waals surface area contributed by atoms with E-state index in [-0.39, 0.29) is 0 Å². The molecule has 0 radical (unpaired) electrons. The van der Waals surface area contributed by atoms with Gasteiger partial charge < -0.3 is 10.2 Å². The molecule has 0 bridgehead atoms. The molecule has 0 aliphatic heterocycles. The molecular weight excluding hydrogens is 460 g/mol. The summed E-state index contributed by atoms with van der Waals surface area (Å²) in [7, 11) is 0. The maximum atomic E-state index is 3.48. The summed E-state index contributed by atoms with van der Waals surface area (Å²) in [6.07, 6.45) is 0. The van der Waals surface area contributed by atoms with Crippen LogP contribution in [0.15, 0.2) is 164 Å². The van der Waals surface area contributed by atoms with Crippen LogP contribution in [-0.2, 0) is 0 Å². The van der Waals surface area contributed by atoms with Crippen molar-refractivity contribution in [1.82, 2.24) is 0 Å². The van der Waals surface area contributed by atoms with Gasteiger partial charge >= 0.3 is 0 Å². The summed E-state index contributed by atoms with van der Waals surface area (Å²) in [5, 5.41) is 3.48.